The van der Waals surface area contributed by atoms with E-state index in [1.807, 2.05) is 12.1 Å². The molecule has 1 aromatic carbocycles. The smallest absolute Gasteiger partial charge is 0.420 e. The Morgan fingerprint density at radius 1 is 1.12 bits per heavy atom. The molecule has 0 atom stereocenters. The molecule has 0 saturated heterocycles. The van der Waals surface area contributed by atoms with Crippen molar-refractivity contribution in [2.45, 2.75) is 19.8 Å². The second-order valence-corrected chi connectivity index (χ2v) is 2.79. The van der Waals surface area contributed by atoms with Crippen molar-refractivity contribution < 1.29 is 136 Å². The van der Waals surface area contributed by atoms with Gasteiger partial charge in [-0.2, -0.15) is 0 Å². The third-order valence-corrected chi connectivity index (χ3v) is 1.61. The zero-order valence-corrected chi connectivity index (χ0v) is 22.4. The van der Waals surface area contributed by atoms with E-state index in [-0.39, 0.29) is 146 Å². The fourth-order valence-corrected chi connectivity index (χ4v) is 0.859. The van der Waals surface area contributed by atoms with E-state index in [1.54, 1.807) is 12.4 Å². The molecule has 1 aromatic rings. The van der Waals surface area contributed by atoms with Crippen LogP contribution in [0.5, 0.6) is 0 Å². The molecule has 5 heteroatoms. The molecule has 0 unspecified atom stereocenters. The Morgan fingerprint density at radius 3 is 1.82 bits per heavy atom. The monoisotopic (exact) mass is 532 g/mol. The second kappa shape index (κ2) is 21.6. The van der Waals surface area contributed by atoms with Crippen LogP contribution in [0.3, 0.4) is 0 Å². The van der Waals surface area contributed by atoms with Gasteiger partial charge < -0.3 is 19.6 Å². The Morgan fingerprint density at radius 2 is 1.59 bits per heavy atom. The standard InChI is InChI=1S/C10H10O.2CH3.4Y/c1-8(2)10-5-3-9(7-11)4-6-10;;;;;;/h3,5-6,8H,1-2H3;2*1H3;;;;/q-2;2*-1;;;;+3. The van der Waals surface area contributed by atoms with E-state index >= 15 is 0 Å². The number of carbonyl (C=O) groups excluding carboxylic acids is 1. The van der Waals surface area contributed by atoms with E-state index in [4.69, 9.17) is 0 Å². The van der Waals surface area contributed by atoms with Crippen molar-refractivity contribution in [1.29, 1.82) is 0 Å². The Labute approximate surface area is 207 Å². The maximum absolute atomic E-state index is 10.1. The number of benzene rings is 1. The summed E-state index contributed by atoms with van der Waals surface area (Å²) in [6, 6.07) is 8.35. The van der Waals surface area contributed by atoms with Gasteiger partial charge in [0.15, 0.2) is 0 Å². The summed E-state index contributed by atoms with van der Waals surface area (Å²) in [6.07, 6.45) is 1.79. The molecule has 0 bridgehead atoms. The Hall–Kier alpha value is 3.31. The van der Waals surface area contributed by atoms with Gasteiger partial charge in [0.05, 0.1) is 0 Å². The quantitative estimate of drug-likeness (QED) is 0.537. The molecule has 0 spiro atoms. The van der Waals surface area contributed by atoms with Crippen LogP contribution in [0, 0.1) is 20.9 Å². The van der Waals surface area contributed by atoms with Crippen LogP contribution >= 0.6 is 0 Å². The summed E-state index contributed by atoms with van der Waals surface area (Å²) >= 11 is 0. The molecule has 0 fully saturated rings. The molecule has 3 radical (unpaired) electrons. The Balaban J connectivity index is -0.0000000504. The predicted molar refractivity (Wildman–Crippen MR) is 57.0 cm³/mol. The van der Waals surface area contributed by atoms with Gasteiger partial charge in [-0.15, -0.1) is 0 Å². The first-order valence-electron chi connectivity index (χ1n) is 3.64. The van der Waals surface area contributed by atoms with Crippen LogP contribution in [-0.2, 0) is 136 Å². The molecule has 0 N–H and O–H groups in total. The zero-order valence-electron chi connectivity index (χ0n) is 11.0. The van der Waals surface area contributed by atoms with E-state index in [2.05, 4.69) is 19.9 Å². The molecule has 1 rings (SSSR count). The van der Waals surface area contributed by atoms with Crippen LogP contribution in [0.4, 0.5) is 0 Å². The van der Waals surface area contributed by atoms with Gasteiger partial charge in [0.2, 0.25) is 0 Å². The minimum Gasteiger partial charge on any atom is -0.420 e. The van der Waals surface area contributed by atoms with Gasteiger partial charge in [0, 0.05) is 98.1 Å². The largest absolute Gasteiger partial charge is 3.00 e. The van der Waals surface area contributed by atoms with E-state index in [0.29, 0.717) is 11.5 Å². The van der Waals surface area contributed by atoms with Crippen molar-refractivity contribution in [2.75, 3.05) is 0 Å². The molecular weight excluding hydrogens is 516 g/mol. The third kappa shape index (κ3) is 15.5. The summed E-state index contributed by atoms with van der Waals surface area (Å²) in [4.78, 5) is 10.1. The normalized spacial score (nSPS) is 6.53. The van der Waals surface area contributed by atoms with Crippen LogP contribution in [0.1, 0.15) is 30.9 Å². The topological polar surface area (TPSA) is 17.1 Å². The van der Waals surface area contributed by atoms with E-state index in [9.17, 15) is 4.79 Å². The maximum Gasteiger partial charge on any atom is 3.00 e. The van der Waals surface area contributed by atoms with Crippen LogP contribution in [0.15, 0.2) is 18.2 Å². The molecule has 0 aliphatic carbocycles. The van der Waals surface area contributed by atoms with Crippen molar-refractivity contribution in [2.24, 2.45) is 0 Å². The van der Waals surface area contributed by atoms with Gasteiger partial charge >= 0.3 is 32.7 Å². The molecule has 0 aliphatic rings. The molecule has 0 amide bonds. The van der Waals surface area contributed by atoms with Gasteiger partial charge in [-0.05, 0) is 6.29 Å². The molecule has 0 heterocycles. The van der Waals surface area contributed by atoms with E-state index < -0.39 is 0 Å². The average Bonchev–Trinajstić information content (AvgIpc) is 2.05. The molecular formula is C12H16OY4-. The summed E-state index contributed by atoms with van der Waals surface area (Å²) in [7, 11) is 0. The first-order valence-corrected chi connectivity index (χ1v) is 3.64. The van der Waals surface area contributed by atoms with E-state index in [0.717, 1.165) is 0 Å². The first-order chi connectivity index (χ1) is 5.24. The number of rotatable bonds is 2. The molecule has 17 heavy (non-hydrogen) atoms. The summed E-state index contributed by atoms with van der Waals surface area (Å²) in [5, 5.41) is 0. The van der Waals surface area contributed by atoms with Gasteiger partial charge in [0.1, 0.15) is 0 Å². The number of hydrogen-bond donors (Lipinski definition) is 0. The van der Waals surface area contributed by atoms with Crippen molar-refractivity contribution in [3.63, 3.8) is 0 Å². The van der Waals surface area contributed by atoms with Crippen molar-refractivity contribution >= 4 is 6.29 Å². The summed E-state index contributed by atoms with van der Waals surface area (Å²) in [5.41, 5.74) is 1.69. The summed E-state index contributed by atoms with van der Waals surface area (Å²) in [6.45, 7) is 4.21. The molecule has 1 nitrogen and oxygen atoms in total. The van der Waals surface area contributed by atoms with Crippen molar-refractivity contribution in [1.82, 2.24) is 0 Å². The van der Waals surface area contributed by atoms with Crippen LogP contribution in [-0.4, -0.2) is 6.29 Å². The molecule has 0 aromatic heterocycles. The molecule has 0 saturated carbocycles. The third-order valence-electron chi connectivity index (χ3n) is 1.61. The fraction of sp³-hybridized carbons (Fsp3) is 0.250. The maximum atomic E-state index is 10.1. The summed E-state index contributed by atoms with van der Waals surface area (Å²) in [5.74, 6) is 0.493. The second-order valence-electron chi connectivity index (χ2n) is 2.79. The van der Waals surface area contributed by atoms with Crippen molar-refractivity contribution in [3.8, 4) is 0 Å². The zero-order chi connectivity index (χ0) is 8.27. The molecule has 83 valence electrons. The minimum atomic E-state index is 0. The van der Waals surface area contributed by atoms with Crippen molar-refractivity contribution in [3.05, 3.63) is 50.2 Å². The van der Waals surface area contributed by atoms with Crippen LogP contribution in [0.25, 0.3) is 0 Å². The fourth-order valence-electron chi connectivity index (χ4n) is 0.859. The van der Waals surface area contributed by atoms with Gasteiger partial charge in [-0.25, -0.2) is 23.8 Å². The first kappa shape index (κ1) is 37.0. The SMILES string of the molecule is CC(C)c1c[c-]c([C-]=O)cc1.[CH3-].[CH3-].[Y+3].[Y].[Y].[Y]. The number of hydrogen-bond acceptors (Lipinski definition) is 1. The average molecular weight is 532 g/mol. The predicted octanol–water partition coefficient (Wildman–Crippen LogP) is 2.96. The van der Waals surface area contributed by atoms with Gasteiger partial charge in [-0.3, -0.25) is 11.6 Å². The van der Waals surface area contributed by atoms with E-state index in [1.165, 1.54) is 5.56 Å². The van der Waals surface area contributed by atoms with Gasteiger partial charge in [-0.1, -0.05) is 19.8 Å². The van der Waals surface area contributed by atoms with Gasteiger partial charge in [0.25, 0.3) is 0 Å². The summed E-state index contributed by atoms with van der Waals surface area (Å²) < 4.78 is 0. The Kier molecular flexibility index (Phi) is 47.0. The molecule has 0 aliphatic heterocycles. The minimum absolute atomic E-state index is 0. The van der Waals surface area contributed by atoms with Crippen LogP contribution < -0.4 is 0 Å². The Bertz CT molecular complexity index is 247. The van der Waals surface area contributed by atoms with Crippen LogP contribution in [0.2, 0.25) is 0 Å².